The molecule has 0 saturated heterocycles. The van der Waals surface area contributed by atoms with Crippen molar-refractivity contribution < 1.29 is 27.5 Å². The maximum atomic E-state index is 13.1. The molecule has 0 unspecified atom stereocenters. The van der Waals surface area contributed by atoms with Crippen molar-refractivity contribution in [1.29, 1.82) is 0 Å². The lowest BCUT2D eigenvalue weighted by atomic mass is 10.1. The van der Waals surface area contributed by atoms with Crippen LogP contribution in [0.2, 0.25) is 10.0 Å². The molecule has 0 atom stereocenters. The molecule has 4 aromatic rings. The molecule has 0 aliphatic heterocycles. The summed E-state index contributed by atoms with van der Waals surface area (Å²) in [6, 6.07) is 15.6. The predicted molar refractivity (Wildman–Crippen MR) is 149 cm³/mol. The molecule has 3 aromatic carbocycles. The lowest BCUT2D eigenvalue weighted by Crippen LogP contribution is -2.40. The fourth-order valence-corrected chi connectivity index (χ4v) is 4.47. The van der Waals surface area contributed by atoms with Gasteiger partial charge in [-0.25, -0.2) is 4.79 Å². The van der Waals surface area contributed by atoms with E-state index in [0.717, 1.165) is 24.3 Å². The Morgan fingerprint density at radius 1 is 0.975 bits per heavy atom. The number of fused-ring (bicyclic) bond motifs is 1. The quantitative estimate of drug-likeness (QED) is 0.238. The number of pyridine rings is 1. The highest BCUT2D eigenvalue weighted by Gasteiger charge is 2.30. The van der Waals surface area contributed by atoms with Crippen LogP contribution in [0.4, 0.5) is 29.3 Å². The second-order valence-electron chi connectivity index (χ2n) is 8.72. The largest absolute Gasteiger partial charge is 0.486 e. The maximum Gasteiger partial charge on any atom is 0.416 e. The first-order valence-corrected chi connectivity index (χ1v) is 12.6. The minimum absolute atomic E-state index is 0.0226. The van der Waals surface area contributed by atoms with Crippen LogP contribution < -0.4 is 20.3 Å². The highest BCUT2D eigenvalue weighted by Crippen LogP contribution is 2.39. The Hall–Kier alpha value is -4.02. The van der Waals surface area contributed by atoms with Crippen molar-refractivity contribution in [3.8, 4) is 5.75 Å². The van der Waals surface area contributed by atoms with Crippen molar-refractivity contribution in [3.63, 3.8) is 0 Å². The van der Waals surface area contributed by atoms with Gasteiger partial charge in [0.2, 0.25) is 5.91 Å². The molecule has 40 heavy (non-hydrogen) atoms. The van der Waals surface area contributed by atoms with Crippen LogP contribution in [0.15, 0.2) is 66.7 Å². The van der Waals surface area contributed by atoms with E-state index in [9.17, 15) is 22.8 Å². The normalized spacial score (nSPS) is 11.3. The number of hydrogen-bond acceptors (Lipinski definition) is 4. The van der Waals surface area contributed by atoms with Gasteiger partial charge in [-0.15, -0.1) is 0 Å². The van der Waals surface area contributed by atoms with Gasteiger partial charge < -0.3 is 20.3 Å². The van der Waals surface area contributed by atoms with Crippen molar-refractivity contribution in [3.05, 3.63) is 93.6 Å². The van der Waals surface area contributed by atoms with Crippen LogP contribution in [0.1, 0.15) is 16.8 Å². The van der Waals surface area contributed by atoms with Gasteiger partial charge in [0.25, 0.3) is 0 Å². The average Bonchev–Trinajstić information content (AvgIpc) is 2.90. The van der Waals surface area contributed by atoms with Crippen LogP contribution in [0.5, 0.6) is 5.75 Å². The Morgan fingerprint density at radius 2 is 1.62 bits per heavy atom. The number of hydrogen-bond donors (Lipinski definition) is 2. The van der Waals surface area contributed by atoms with E-state index in [1.807, 2.05) is 24.3 Å². The highest BCUT2D eigenvalue weighted by atomic mass is 35.5. The summed E-state index contributed by atoms with van der Waals surface area (Å²) in [5.41, 5.74) is 1.41. The number of carbonyl (C=O) groups is 2. The van der Waals surface area contributed by atoms with Crippen LogP contribution in [-0.2, 0) is 17.6 Å². The molecule has 208 valence electrons. The minimum Gasteiger partial charge on any atom is -0.486 e. The smallest absolute Gasteiger partial charge is 0.416 e. The van der Waals surface area contributed by atoms with Crippen LogP contribution in [0, 0.1) is 6.92 Å². The molecule has 4 rings (SSSR count). The number of likely N-dealkylation sites (N-methyl/N-ethyl adjacent to an activating group) is 1. The predicted octanol–water partition coefficient (Wildman–Crippen LogP) is 7.23. The molecular weight excluding hydrogens is 568 g/mol. The van der Waals surface area contributed by atoms with Gasteiger partial charge in [0.05, 0.1) is 23.3 Å². The summed E-state index contributed by atoms with van der Waals surface area (Å²) < 4.78 is 44.5. The number of alkyl halides is 3. The molecular formula is C28H23Cl2F3N4O3. The number of carbonyl (C=O) groups excluding carboxylic acids is 2. The first kappa shape index (κ1) is 29.0. The van der Waals surface area contributed by atoms with E-state index in [0.29, 0.717) is 43.6 Å². The Bertz CT molecular complexity index is 1540. The number of anilines is 2. The molecule has 1 heterocycles. The van der Waals surface area contributed by atoms with Gasteiger partial charge in [0.1, 0.15) is 12.3 Å². The summed E-state index contributed by atoms with van der Waals surface area (Å²) in [6.45, 7) is 1.34. The van der Waals surface area contributed by atoms with E-state index in [1.54, 1.807) is 25.1 Å². The zero-order valence-electron chi connectivity index (χ0n) is 21.3. The summed E-state index contributed by atoms with van der Waals surface area (Å²) in [6.07, 6.45) is -4.49. The summed E-state index contributed by atoms with van der Waals surface area (Å²) in [5.74, 6) is -0.118. The van der Waals surface area contributed by atoms with Crippen LogP contribution >= 0.6 is 23.2 Å². The van der Waals surface area contributed by atoms with E-state index in [1.165, 1.54) is 11.9 Å². The minimum atomic E-state index is -4.49. The fourth-order valence-electron chi connectivity index (χ4n) is 3.96. The van der Waals surface area contributed by atoms with E-state index < -0.39 is 30.2 Å². The molecule has 0 fully saturated rings. The van der Waals surface area contributed by atoms with Crippen molar-refractivity contribution in [1.82, 2.24) is 10.3 Å². The molecule has 7 nitrogen and oxygen atoms in total. The molecule has 0 radical (unpaired) electrons. The Morgan fingerprint density at radius 3 is 2.27 bits per heavy atom. The third kappa shape index (κ3) is 6.57. The second kappa shape index (κ2) is 12.0. The molecule has 0 bridgehead atoms. The van der Waals surface area contributed by atoms with Gasteiger partial charge in [0.15, 0.2) is 5.75 Å². The number of benzene rings is 3. The molecule has 3 amide bonds. The van der Waals surface area contributed by atoms with E-state index in [2.05, 4.69) is 15.6 Å². The molecule has 0 spiro atoms. The number of ether oxygens (including phenoxy) is 1. The van der Waals surface area contributed by atoms with Crippen LogP contribution in [0.3, 0.4) is 0 Å². The number of urea groups is 1. The monoisotopic (exact) mass is 590 g/mol. The second-order valence-corrected chi connectivity index (χ2v) is 9.53. The van der Waals surface area contributed by atoms with E-state index in [-0.39, 0.29) is 12.3 Å². The third-order valence-corrected chi connectivity index (χ3v) is 6.71. The van der Waals surface area contributed by atoms with Crippen LogP contribution in [-0.4, -0.2) is 30.5 Å². The number of rotatable bonds is 7. The lowest BCUT2D eigenvalue weighted by molar-refractivity contribution is -0.137. The molecule has 0 aliphatic carbocycles. The highest BCUT2D eigenvalue weighted by molar-refractivity contribution is 6.36. The zero-order chi connectivity index (χ0) is 29.0. The summed E-state index contributed by atoms with van der Waals surface area (Å²) in [5, 5.41) is 6.32. The number of aryl methyl sites for hydroxylation is 1. The Balaban J connectivity index is 1.51. The van der Waals surface area contributed by atoms with E-state index in [4.69, 9.17) is 27.9 Å². The lowest BCUT2D eigenvalue weighted by Gasteiger charge is -2.24. The summed E-state index contributed by atoms with van der Waals surface area (Å²) in [7, 11) is 1.52. The summed E-state index contributed by atoms with van der Waals surface area (Å²) >= 11 is 12.6. The number of aromatic nitrogens is 1. The molecule has 0 aliphatic rings. The number of nitrogens with zero attached hydrogens (tertiary/aromatic N) is 2. The fraction of sp³-hybridized carbons (Fsp3) is 0.179. The van der Waals surface area contributed by atoms with Crippen molar-refractivity contribution in [2.75, 3.05) is 23.8 Å². The number of halogens is 5. The Labute approximate surface area is 237 Å². The van der Waals surface area contributed by atoms with Gasteiger partial charge in [-0.1, -0.05) is 41.4 Å². The topological polar surface area (TPSA) is 83.6 Å². The molecule has 0 saturated carbocycles. The first-order valence-electron chi connectivity index (χ1n) is 11.9. The standard InChI is InChI=1S/C28H23Cl2F3N4O3/c1-16-25(37(2)24(38)14-34-27(39)36-18-12-10-17(11-13-18)28(31,32)33)26(19-6-3-4-9-23(19)35-16)40-15-20-21(29)7-5-8-22(20)30/h3-13H,14-15H2,1-2H3,(H2,34,36,39). The average molecular weight is 591 g/mol. The third-order valence-electron chi connectivity index (χ3n) is 6.00. The van der Waals surface area contributed by atoms with Crippen molar-refractivity contribution in [2.45, 2.75) is 19.7 Å². The first-order chi connectivity index (χ1) is 19.0. The molecule has 2 N–H and O–H groups in total. The van der Waals surface area contributed by atoms with Crippen molar-refractivity contribution >= 4 is 57.4 Å². The number of para-hydroxylation sites is 1. The van der Waals surface area contributed by atoms with Crippen LogP contribution in [0.25, 0.3) is 10.9 Å². The Kier molecular flexibility index (Phi) is 8.70. The van der Waals surface area contributed by atoms with E-state index >= 15 is 0 Å². The van der Waals surface area contributed by atoms with Gasteiger partial charge >= 0.3 is 12.2 Å². The van der Waals surface area contributed by atoms with Gasteiger partial charge in [-0.05, 0) is 55.5 Å². The van der Waals surface area contributed by atoms with Gasteiger partial charge in [0, 0.05) is 33.7 Å². The number of amides is 3. The summed E-state index contributed by atoms with van der Waals surface area (Å²) in [4.78, 5) is 31.3. The maximum absolute atomic E-state index is 13.1. The molecule has 12 heteroatoms. The zero-order valence-corrected chi connectivity index (χ0v) is 22.8. The van der Waals surface area contributed by atoms with Gasteiger partial charge in [-0.3, -0.25) is 9.78 Å². The molecule has 1 aromatic heterocycles. The van der Waals surface area contributed by atoms with Crippen molar-refractivity contribution in [2.24, 2.45) is 0 Å². The van der Waals surface area contributed by atoms with Gasteiger partial charge in [-0.2, -0.15) is 13.2 Å². The number of nitrogens with one attached hydrogen (secondary N) is 2. The SMILES string of the molecule is Cc1nc2ccccc2c(OCc2c(Cl)cccc2Cl)c1N(C)C(=O)CNC(=O)Nc1ccc(C(F)(F)F)cc1.